The molecule has 1 N–H and O–H groups in total. The summed E-state index contributed by atoms with van der Waals surface area (Å²) in [6.07, 6.45) is 0.893. The average molecular weight is 313 g/mol. The van der Waals surface area contributed by atoms with Gasteiger partial charge in [-0.2, -0.15) is 0 Å². The summed E-state index contributed by atoms with van der Waals surface area (Å²) in [7, 11) is 0. The van der Waals surface area contributed by atoms with Crippen molar-refractivity contribution in [2.24, 2.45) is 0 Å². The Bertz CT molecular complexity index is 604. The molecule has 22 heavy (non-hydrogen) atoms. The highest BCUT2D eigenvalue weighted by molar-refractivity contribution is 8.00. The van der Waals surface area contributed by atoms with Crippen molar-refractivity contribution in [3.05, 3.63) is 65.2 Å². The lowest BCUT2D eigenvalue weighted by molar-refractivity contribution is -0.119. The highest BCUT2D eigenvalue weighted by Gasteiger charge is 2.12. The topological polar surface area (TPSA) is 29.1 Å². The quantitative estimate of drug-likeness (QED) is 0.786. The molecule has 2 nitrogen and oxygen atoms in total. The molecule has 0 bridgehead atoms. The number of hydrogen-bond donors (Lipinski definition) is 1. The number of aryl methyl sites for hydroxylation is 2. The molecule has 1 atom stereocenters. The summed E-state index contributed by atoms with van der Waals surface area (Å²) >= 11 is 1.58. The van der Waals surface area contributed by atoms with E-state index in [9.17, 15) is 4.79 Å². The molecular formula is C19H23NOS. The molecule has 0 fully saturated rings. The number of carbonyl (C=O) groups is 1. The lowest BCUT2D eigenvalue weighted by Gasteiger charge is -2.17. The summed E-state index contributed by atoms with van der Waals surface area (Å²) in [5.74, 6) is 0.531. The van der Waals surface area contributed by atoms with E-state index >= 15 is 0 Å². The van der Waals surface area contributed by atoms with Gasteiger partial charge in [-0.3, -0.25) is 4.79 Å². The van der Waals surface area contributed by atoms with E-state index in [1.165, 1.54) is 16.7 Å². The van der Waals surface area contributed by atoms with Gasteiger partial charge in [0.2, 0.25) is 5.91 Å². The van der Waals surface area contributed by atoms with Crippen molar-refractivity contribution in [3.63, 3.8) is 0 Å². The lowest BCUT2D eigenvalue weighted by Crippen LogP contribution is -2.29. The van der Waals surface area contributed by atoms with Crippen LogP contribution in [0.2, 0.25) is 0 Å². The minimum atomic E-state index is 0.0815. The van der Waals surface area contributed by atoms with E-state index in [1.54, 1.807) is 11.8 Å². The Balaban J connectivity index is 1.89. The Hall–Kier alpha value is -1.74. The fraction of sp³-hybridized carbons (Fsp3) is 0.316. The first-order valence-electron chi connectivity index (χ1n) is 7.64. The first-order valence-corrected chi connectivity index (χ1v) is 8.62. The van der Waals surface area contributed by atoms with Crippen LogP contribution in [0.4, 0.5) is 0 Å². The maximum absolute atomic E-state index is 12.2. The van der Waals surface area contributed by atoms with E-state index in [0.29, 0.717) is 5.75 Å². The van der Waals surface area contributed by atoms with Gasteiger partial charge in [0.25, 0.3) is 0 Å². The van der Waals surface area contributed by atoms with E-state index < -0.39 is 0 Å². The molecule has 0 saturated carbocycles. The van der Waals surface area contributed by atoms with Crippen LogP contribution in [0.1, 0.15) is 36.1 Å². The van der Waals surface area contributed by atoms with Gasteiger partial charge in [0.1, 0.15) is 0 Å². The summed E-state index contributed by atoms with van der Waals surface area (Å²) in [5.41, 5.74) is 3.64. The Morgan fingerprint density at radius 1 is 1.00 bits per heavy atom. The minimum Gasteiger partial charge on any atom is -0.349 e. The highest BCUT2D eigenvalue weighted by Crippen LogP contribution is 2.20. The molecule has 0 spiro atoms. The number of amides is 1. The predicted molar refractivity (Wildman–Crippen MR) is 94.3 cm³/mol. The van der Waals surface area contributed by atoms with Crippen LogP contribution >= 0.6 is 11.8 Å². The van der Waals surface area contributed by atoms with Crippen molar-refractivity contribution in [3.8, 4) is 0 Å². The monoisotopic (exact) mass is 313 g/mol. The second kappa shape index (κ2) is 8.04. The van der Waals surface area contributed by atoms with Crippen molar-refractivity contribution >= 4 is 17.7 Å². The molecule has 116 valence electrons. The third-order valence-corrected chi connectivity index (χ3v) is 4.63. The van der Waals surface area contributed by atoms with Crippen LogP contribution in [-0.2, 0) is 4.79 Å². The smallest absolute Gasteiger partial charge is 0.230 e. The molecule has 2 aromatic carbocycles. The van der Waals surface area contributed by atoms with Crippen molar-refractivity contribution < 1.29 is 4.79 Å². The SMILES string of the molecule is CC[C@@H](NC(=O)CSc1ccc(C)cc1)c1ccc(C)cc1. The second-order valence-corrected chi connectivity index (χ2v) is 6.59. The number of thioether (sulfide) groups is 1. The zero-order chi connectivity index (χ0) is 15.9. The molecule has 0 unspecified atom stereocenters. The van der Waals surface area contributed by atoms with Gasteiger partial charge in [-0.05, 0) is 38.0 Å². The maximum atomic E-state index is 12.2. The van der Waals surface area contributed by atoms with Gasteiger partial charge < -0.3 is 5.32 Å². The molecule has 0 radical (unpaired) electrons. The molecule has 0 aromatic heterocycles. The van der Waals surface area contributed by atoms with Crippen molar-refractivity contribution in [2.75, 3.05) is 5.75 Å². The van der Waals surface area contributed by atoms with Crippen LogP contribution in [0.15, 0.2) is 53.4 Å². The standard InChI is InChI=1S/C19H23NOS/c1-4-18(16-9-5-14(2)6-10-16)20-19(21)13-22-17-11-7-15(3)8-12-17/h5-12,18H,4,13H2,1-3H3,(H,20,21)/t18-/m1/s1. The van der Waals surface area contributed by atoms with Crippen LogP contribution in [-0.4, -0.2) is 11.7 Å². The summed E-state index contributed by atoms with van der Waals surface area (Å²) in [6, 6.07) is 16.7. The number of carbonyl (C=O) groups excluding carboxylic acids is 1. The Morgan fingerprint density at radius 2 is 1.55 bits per heavy atom. The predicted octanol–water partition coefficient (Wildman–Crippen LogP) is 4.66. The molecule has 0 heterocycles. The fourth-order valence-corrected chi connectivity index (χ4v) is 2.95. The van der Waals surface area contributed by atoms with Crippen molar-refractivity contribution in [1.29, 1.82) is 0 Å². The Morgan fingerprint density at radius 3 is 2.09 bits per heavy atom. The van der Waals surface area contributed by atoms with Crippen LogP contribution in [0.25, 0.3) is 0 Å². The fourth-order valence-electron chi connectivity index (χ4n) is 2.24. The summed E-state index contributed by atoms with van der Waals surface area (Å²) in [5, 5.41) is 3.12. The van der Waals surface area contributed by atoms with Gasteiger partial charge in [0, 0.05) is 4.90 Å². The van der Waals surface area contributed by atoms with E-state index in [2.05, 4.69) is 74.6 Å². The second-order valence-electron chi connectivity index (χ2n) is 5.54. The molecule has 0 aliphatic heterocycles. The summed E-state index contributed by atoms with van der Waals surface area (Å²) in [6.45, 7) is 6.23. The van der Waals surface area contributed by atoms with Crippen LogP contribution in [0, 0.1) is 13.8 Å². The molecule has 2 rings (SSSR count). The normalized spacial score (nSPS) is 12.0. The van der Waals surface area contributed by atoms with E-state index in [-0.39, 0.29) is 11.9 Å². The Kier molecular flexibility index (Phi) is 6.08. The molecule has 0 aliphatic carbocycles. The summed E-state index contributed by atoms with van der Waals surface area (Å²) < 4.78 is 0. The maximum Gasteiger partial charge on any atom is 0.230 e. The van der Waals surface area contributed by atoms with Crippen LogP contribution < -0.4 is 5.32 Å². The zero-order valence-electron chi connectivity index (χ0n) is 13.4. The number of hydrogen-bond acceptors (Lipinski definition) is 2. The van der Waals surface area contributed by atoms with E-state index in [1.807, 2.05) is 0 Å². The molecule has 0 saturated heterocycles. The van der Waals surface area contributed by atoms with Gasteiger partial charge in [0.05, 0.1) is 11.8 Å². The van der Waals surface area contributed by atoms with Crippen molar-refractivity contribution in [1.82, 2.24) is 5.32 Å². The van der Waals surface area contributed by atoms with Gasteiger partial charge in [-0.15, -0.1) is 11.8 Å². The van der Waals surface area contributed by atoms with Crippen molar-refractivity contribution in [2.45, 2.75) is 38.1 Å². The first kappa shape index (κ1) is 16.6. The average Bonchev–Trinajstić information content (AvgIpc) is 2.53. The third kappa shape index (κ3) is 4.92. The zero-order valence-corrected chi connectivity index (χ0v) is 14.2. The molecular weight excluding hydrogens is 290 g/mol. The summed E-state index contributed by atoms with van der Waals surface area (Å²) in [4.78, 5) is 13.3. The highest BCUT2D eigenvalue weighted by atomic mass is 32.2. The number of nitrogens with one attached hydrogen (secondary N) is 1. The molecule has 0 aliphatic rings. The Labute approximate surface area is 137 Å². The molecule has 3 heteroatoms. The van der Waals surface area contributed by atoms with Crippen LogP contribution in [0.3, 0.4) is 0 Å². The molecule has 2 aromatic rings. The van der Waals surface area contributed by atoms with Gasteiger partial charge >= 0.3 is 0 Å². The third-order valence-electron chi connectivity index (χ3n) is 3.61. The van der Waals surface area contributed by atoms with Crippen LogP contribution in [0.5, 0.6) is 0 Å². The largest absolute Gasteiger partial charge is 0.349 e. The number of benzene rings is 2. The van der Waals surface area contributed by atoms with Gasteiger partial charge in [-0.25, -0.2) is 0 Å². The van der Waals surface area contributed by atoms with E-state index in [4.69, 9.17) is 0 Å². The van der Waals surface area contributed by atoms with Gasteiger partial charge in [0.15, 0.2) is 0 Å². The van der Waals surface area contributed by atoms with Gasteiger partial charge in [-0.1, -0.05) is 54.4 Å². The first-order chi connectivity index (χ1) is 10.6. The molecule has 1 amide bonds. The van der Waals surface area contributed by atoms with E-state index in [0.717, 1.165) is 11.3 Å². The lowest BCUT2D eigenvalue weighted by atomic mass is 10.0. The number of rotatable bonds is 6. The minimum absolute atomic E-state index is 0.0815.